The predicted octanol–water partition coefficient (Wildman–Crippen LogP) is 5.28. The highest BCUT2D eigenvalue weighted by molar-refractivity contribution is 7.86. The molecular weight excluding hydrogens is 1050 g/mol. The van der Waals surface area contributed by atoms with Gasteiger partial charge < -0.3 is 34.0 Å². The van der Waals surface area contributed by atoms with Crippen molar-refractivity contribution >= 4 is 43.3 Å². The quantitative estimate of drug-likeness (QED) is 0.0145. The van der Waals surface area contributed by atoms with Gasteiger partial charge in [0.15, 0.2) is 31.6 Å². The summed E-state index contributed by atoms with van der Waals surface area (Å²) in [4.78, 5) is 30.9. The van der Waals surface area contributed by atoms with E-state index in [0.29, 0.717) is 72.6 Å². The number of ether oxygens (including phenoxy) is 3. The number of carboxylic acids is 1. The van der Waals surface area contributed by atoms with E-state index in [1.165, 1.54) is 44.6 Å². The number of allylic oxidation sites excluding steroid dienone is 4. The van der Waals surface area contributed by atoms with E-state index in [0.717, 1.165) is 25.0 Å². The highest BCUT2D eigenvalue weighted by Gasteiger charge is 2.46. The number of carboxylic acid groups (broad SMARTS) is 1. The van der Waals surface area contributed by atoms with Crippen LogP contribution in [0.25, 0.3) is 0 Å². The second-order valence-corrected chi connectivity index (χ2v) is 18.2. The maximum atomic E-state index is 12.5. The van der Waals surface area contributed by atoms with Gasteiger partial charge in [-0.15, -0.1) is 0 Å². The topological polar surface area (TPSA) is 355 Å². The van der Waals surface area contributed by atoms with Crippen LogP contribution in [0.15, 0.2) is 95.2 Å². The van der Waals surface area contributed by atoms with Crippen LogP contribution in [0.4, 0.5) is 11.4 Å². The van der Waals surface area contributed by atoms with Crippen molar-refractivity contribution in [3.8, 4) is 0 Å². The number of methoxy groups -OCH3 is 2. The van der Waals surface area contributed by atoms with Gasteiger partial charge in [0.25, 0.3) is 20.2 Å². The first-order valence-electron chi connectivity index (χ1n) is 21.2. The molecule has 3 N–H and O–H groups in total. The number of nitrogens with zero attached hydrogens (tertiary/aromatic N) is 2. The lowest BCUT2D eigenvalue weighted by Crippen LogP contribution is -2.30. The van der Waals surface area contributed by atoms with Crippen molar-refractivity contribution < 1.29 is 150 Å². The van der Waals surface area contributed by atoms with Gasteiger partial charge in [-0.2, -0.15) is 31.2 Å². The number of carbonyl (C=O) groups is 1. The van der Waals surface area contributed by atoms with Gasteiger partial charge in [0, 0.05) is 94.4 Å². The van der Waals surface area contributed by atoms with Crippen LogP contribution in [0.1, 0.15) is 70.4 Å². The minimum absolute atomic E-state index is 0.0324. The van der Waals surface area contributed by atoms with Crippen molar-refractivity contribution in [2.24, 2.45) is 0 Å². The summed E-state index contributed by atoms with van der Waals surface area (Å²) in [6, 6.07) is 8.35. The molecule has 1 atom stereocenters. The largest absolute Gasteiger partial charge is 0.501 e. The Balaban J connectivity index is 1.54. The molecule has 34 heteroatoms. The van der Waals surface area contributed by atoms with E-state index < -0.39 is 43.8 Å². The Bertz CT molecular complexity index is 2450. The SMILES string of the molecule is CO/C=C/OOOOOOOOOCOCCCC1(C)C(=CC=CC2=[N+](CCOOOOOOOOOO/C=C/OC)c3ccc(S(=O)(=O)O)cc3C2(C)C)N(CCCCCC(=O)O)c2ccc(S(=O)(=O)O)cc21. The summed E-state index contributed by atoms with van der Waals surface area (Å²) in [7, 11) is -6.56. The van der Waals surface area contributed by atoms with Crippen LogP contribution in [-0.4, -0.2) is 94.6 Å². The van der Waals surface area contributed by atoms with Gasteiger partial charge in [0.05, 0.1) is 29.4 Å². The monoisotopic (exact) mass is 1110 g/mol. The molecule has 414 valence electrons. The molecule has 0 fully saturated rings. The Hall–Kier alpha value is -5.36. The summed E-state index contributed by atoms with van der Waals surface area (Å²) in [5.74, 6) is -0.935. The fourth-order valence-corrected chi connectivity index (χ4v) is 8.42. The van der Waals surface area contributed by atoms with Crippen molar-refractivity contribution in [3.05, 3.63) is 96.5 Å². The van der Waals surface area contributed by atoms with E-state index in [9.17, 15) is 35.8 Å². The number of rotatable bonds is 40. The molecule has 4 rings (SSSR count). The highest BCUT2D eigenvalue weighted by atomic mass is 32.2. The van der Waals surface area contributed by atoms with E-state index in [-0.39, 0.29) is 36.0 Å². The molecular formula is C40H53N2O30S2+. The summed E-state index contributed by atoms with van der Waals surface area (Å²) in [5.41, 5.74) is 1.63. The zero-order chi connectivity index (χ0) is 53.9. The maximum absolute atomic E-state index is 12.5. The fraction of sp³-hybridized carbons (Fsp3) is 0.450. The van der Waals surface area contributed by atoms with E-state index in [2.05, 4.69) is 99.7 Å². The Labute approximate surface area is 420 Å². The summed E-state index contributed by atoms with van der Waals surface area (Å²) in [6.07, 6.45) is 11.5. The van der Waals surface area contributed by atoms with Crippen LogP contribution in [0, 0.1) is 0 Å². The first-order valence-corrected chi connectivity index (χ1v) is 24.1. The molecule has 0 saturated heterocycles. The molecule has 74 heavy (non-hydrogen) atoms. The zero-order valence-corrected chi connectivity index (χ0v) is 41.5. The van der Waals surface area contributed by atoms with Crippen molar-refractivity contribution in [3.63, 3.8) is 0 Å². The van der Waals surface area contributed by atoms with Gasteiger partial charge >= 0.3 is 5.97 Å². The van der Waals surface area contributed by atoms with E-state index in [4.69, 9.17) is 9.62 Å². The van der Waals surface area contributed by atoms with Crippen molar-refractivity contribution in [2.45, 2.75) is 79.9 Å². The van der Waals surface area contributed by atoms with Crippen LogP contribution in [0.2, 0.25) is 0 Å². The zero-order valence-electron chi connectivity index (χ0n) is 39.9. The van der Waals surface area contributed by atoms with Gasteiger partial charge in [0.2, 0.25) is 5.69 Å². The molecule has 0 amide bonds. The van der Waals surface area contributed by atoms with Crippen LogP contribution < -0.4 is 4.90 Å². The molecule has 32 nitrogen and oxygen atoms in total. The third-order valence-corrected chi connectivity index (χ3v) is 12.2. The third-order valence-electron chi connectivity index (χ3n) is 10.5. The second-order valence-electron chi connectivity index (χ2n) is 15.4. The molecule has 2 aromatic rings. The summed E-state index contributed by atoms with van der Waals surface area (Å²) < 4.78 is 85.9. The molecule has 0 aliphatic carbocycles. The lowest BCUT2D eigenvalue weighted by molar-refractivity contribution is -0.843. The van der Waals surface area contributed by atoms with Crippen molar-refractivity contribution in [1.29, 1.82) is 0 Å². The van der Waals surface area contributed by atoms with Gasteiger partial charge in [-0.1, -0.05) is 12.5 Å². The minimum atomic E-state index is -4.66. The minimum Gasteiger partial charge on any atom is -0.501 e. The van der Waals surface area contributed by atoms with Crippen molar-refractivity contribution in [2.75, 3.05) is 52.2 Å². The van der Waals surface area contributed by atoms with Crippen LogP contribution in [0.5, 0.6) is 0 Å². The molecule has 2 heterocycles. The summed E-state index contributed by atoms with van der Waals surface area (Å²) >= 11 is 0. The third kappa shape index (κ3) is 19.4. The number of benzene rings is 2. The highest BCUT2D eigenvalue weighted by Crippen LogP contribution is 2.51. The lowest BCUT2D eigenvalue weighted by Gasteiger charge is -2.30. The van der Waals surface area contributed by atoms with Crippen LogP contribution in [-0.2, 0) is 145 Å². The van der Waals surface area contributed by atoms with Gasteiger partial charge in [-0.05, 0) is 124 Å². The number of anilines is 1. The normalized spacial score (nSPS) is 17.1. The number of hydrogen-bond donors (Lipinski definition) is 3. The lowest BCUT2D eigenvalue weighted by atomic mass is 9.77. The first-order chi connectivity index (χ1) is 35.5. The number of hydrogen-bond acceptors (Lipinski definition) is 28. The average Bonchev–Trinajstić information content (AvgIpc) is 3.71. The number of aliphatic carboxylic acids is 1. The van der Waals surface area contributed by atoms with E-state index in [1.807, 2.05) is 31.7 Å². The maximum Gasteiger partial charge on any atom is 0.303 e. The molecule has 2 aromatic carbocycles. The van der Waals surface area contributed by atoms with Gasteiger partial charge in [-0.3, -0.25) is 13.9 Å². The van der Waals surface area contributed by atoms with Crippen molar-refractivity contribution in [1.82, 2.24) is 0 Å². The molecule has 0 spiro atoms. The molecule has 0 bridgehead atoms. The second kappa shape index (κ2) is 31.5. The standard InChI is InChI=1S/C40H52N2O30S2/c1-39(2)32-27-30(73(45,46)47)14-16-34(32)42(20-22-54-58-62-66-71-72-68-64-60-56-26-24-52-5)36(39)11-9-12-37-40(3,18-10-21-53-29-57-61-65-69-70-67-63-59-55-25-23-51-4)33-28-31(74(48,49)50)15-17-35(33)41(37)19-8-6-7-13-38(43)44/h9,11-12,14-17,23-28H,6-8,10,13,18-22,29H2,1-5H3,(H2-,43,44,45,46,47,48,49,50)/p+1/b25-23+,26-24+. The van der Waals surface area contributed by atoms with Gasteiger partial charge in [-0.25, -0.2) is 0 Å². The Kier molecular flexibility index (Phi) is 26.1. The molecule has 2 aliphatic rings. The van der Waals surface area contributed by atoms with Crippen LogP contribution >= 0.6 is 0 Å². The number of fused-ring (bicyclic) bond motifs is 2. The van der Waals surface area contributed by atoms with Crippen LogP contribution in [0.3, 0.4) is 0 Å². The Morgan fingerprint density at radius 1 is 0.662 bits per heavy atom. The Morgan fingerprint density at radius 3 is 1.80 bits per heavy atom. The average molecular weight is 1110 g/mol. The fourth-order valence-electron chi connectivity index (χ4n) is 7.41. The van der Waals surface area contributed by atoms with E-state index >= 15 is 0 Å². The molecule has 1 unspecified atom stereocenters. The molecule has 0 saturated carbocycles. The molecule has 0 aromatic heterocycles. The van der Waals surface area contributed by atoms with E-state index in [1.54, 1.807) is 22.8 Å². The summed E-state index contributed by atoms with van der Waals surface area (Å²) in [6.45, 7) is 5.31. The van der Waals surface area contributed by atoms with Gasteiger partial charge in [0.1, 0.15) is 19.1 Å². The molecule has 0 radical (unpaired) electrons. The predicted molar refractivity (Wildman–Crippen MR) is 231 cm³/mol. The summed E-state index contributed by atoms with van der Waals surface area (Å²) in [5, 5.41) is 69.8. The smallest absolute Gasteiger partial charge is 0.303 e. The first kappa shape index (κ1) is 61.2. The molecule has 2 aliphatic heterocycles. The number of unbranched alkanes of at least 4 members (excludes halogenated alkanes) is 2. The Morgan fingerprint density at radius 2 is 1.22 bits per heavy atom.